The Balaban J connectivity index is 2.15. The Bertz CT molecular complexity index is 1120. The van der Waals surface area contributed by atoms with Gasteiger partial charge in [-0.1, -0.05) is 24.5 Å². The lowest BCUT2D eigenvalue weighted by Crippen LogP contribution is -2.17. The maximum atomic E-state index is 10.3. The predicted octanol–water partition coefficient (Wildman–Crippen LogP) is 4.16. The van der Waals surface area contributed by atoms with Crippen LogP contribution in [0.25, 0.3) is 0 Å². The molecule has 0 aromatic heterocycles. The van der Waals surface area contributed by atoms with Crippen LogP contribution in [0.3, 0.4) is 0 Å². The molecule has 1 unspecified atom stereocenters. The average Bonchev–Trinajstić information content (AvgIpc) is 2.81. The van der Waals surface area contributed by atoms with Gasteiger partial charge >= 0.3 is 0 Å². The zero-order valence-electron chi connectivity index (χ0n) is 26.1. The van der Waals surface area contributed by atoms with Crippen LogP contribution in [-0.4, -0.2) is 32.0 Å². The van der Waals surface area contributed by atoms with Crippen molar-refractivity contribution in [2.45, 2.75) is 38.7 Å². The van der Waals surface area contributed by atoms with Crippen LogP contribution in [0.2, 0.25) is 0 Å². The van der Waals surface area contributed by atoms with Crippen molar-refractivity contribution in [1.29, 1.82) is 0 Å². The fourth-order valence-electron chi connectivity index (χ4n) is 1.95. The lowest BCUT2D eigenvalue weighted by Gasteiger charge is -2.13. The number of aliphatic hydroxyl groups is 1. The maximum absolute atomic E-state index is 10.3. The molecule has 0 saturated carbocycles. The minimum Gasteiger partial charge on any atom is -0.493 e. The molecule has 0 aliphatic heterocycles. The molecule has 4 nitrogen and oxygen atoms in total. The normalized spacial score (nSPS) is 19.8. The van der Waals surface area contributed by atoms with Crippen molar-refractivity contribution < 1.29 is 35.8 Å². The maximum Gasteiger partial charge on any atom is 0.160 e. The molecule has 0 radical (unpaired) electrons. The van der Waals surface area contributed by atoms with Crippen molar-refractivity contribution in [2.75, 3.05) is 20.8 Å². The van der Waals surface area contributed by atoms with Crippen LogP contribution < -0.4 is 14.2 Å². The third-order valence-corrected chi connectivity index (χ3v) is 3.21. The molecule has 0 aliphatic rings. The van der Waals surface area contributed by atoms with Gasteiger partial charge in [-0.3, -0.25) is 0 Å². The number of benzene rings is 2. The van der Waals surface area contributed by atoms with E-state index < -0.39 is 74.3 Å². The molecule has 2 rings (SSSR count). The van der Waals surface area contributed by atoms with Crippen LogP contribution in [0.5, 0.6) is 17.2 Å². The van der Waals surface area contributed by atoms with E-state index >= 15 is 0 Å². The van der Waals surface area contributed by atoms with Crippen molar-refractivity contribution in [3.05, 3.63) is 53.4 Å². The highest BCUT2D eigenvalue weighted by Crippen LogP contribution is 2.28. The van der Waals surface area contributed by atoms with Crippen molar-refractivity contribution >= 4 is 0 Å². The van der Waals surface area contributed by atoms with Crippen molar-refractivity contribution in [1.82, 2.24) is 0 Å². The largest absolute Gasteiger partial charge is 0.493 e. The lowest BCUT2D eigenvalue weighted by atomic mass is 10.0. The second-order valence-electron chi connectivity index (χ2n) is 5.20. The Morgan fingerprint density at radius 2 is 2.08 bits per heavy atom. The molecule has 0 saturated heterocycles. The van der Waals surface area contributed by atoms with Gasteiger partial charge in [0.1, 0.15) is 12.4 Å². The first-order valence-electron chi connectivity index (χ1n) is 13.6. The molecule has 1 atom stereocenters. The fraction of sp³-hybridized carbons (Fsp3) is 0.429. The topological polar surface area (TPSA) is 47.9 Å². The minimum absolute atomic E-state index is 0.136. The Labute approximate surface area is 167 Å². The predicted molar refractivity (Wildman–Crippen MR) is 99.8 cm³/mol. The van der Waals surface area contributed by atoms with E-state index in [0.717, 1.165) is 7.11 Å². The third kappa shape index (κ3) is 6.31. The van der Waals surface area contributed by atoms with Gasteiger partial charge in [-0.2, -0.15) is 0 Å². The summed E-state index contributed by atoms with van der Waals surface area (Å²) in [4.78, 5) is 0. The van der Waals surface area contributed by atoms with Crippen LogP contribution in [0.4, 0.5) is 0 Å². The smallest absolute Gasteiger partial charge is 0.160 e. The molecule has 1 N–H and O–H groups in total. The molecule has 2 aromatic carbocycles. The summed E-state index contributed by atoms with van der Waals surface area (Å²) in [5.74, 6) is -1.27. The molecule has 2 aromatic rings. The van der Waals surface area contributed by atoms with Gasteiger partial charge in [0.15, 0.2) is 11.5 Å². The zero-order valence-corrected chi connectivity index (χ0v) is 14.1. The molecule has 0 heterocycles. The molecule has 0 bridgehead atoms. The first kappa shape index (κ1) is 8.45. The monoisotopic (exact) mass is 356 g/mol. The summed E-state index contributed by atoms with van der Waals surface area (Å²) in [5.41, 5.74) is -0.0409. The SMILES string of the molecule is [2H]c1c([2H])c(C)c([2H])c(OCC(O)CCC([2H])([2H])Cc2c([2H])c([2H])c(OC([2H])([2H])[2H])c(OC)c2[2H])c1[2H]. The Kier molecular flexibility index (Phi) is 3.36. The molecule has 0 spiro atoms. The van der Waals surface area contributed by atoms with Crippen LogP contribution >= 0.6 is 0 Å². The van der Waals surface area contributed by atoms with E-state index in [0.29, 0.717) is 0 Å². The van der Waals surface area contributed by atoms with E-state index in [1.165, 1.54) is 6.92 Å². The van der Waals surface area contributed by atoms with Crippen molar-refractivity contribution in [2.24, 2.45) is 0 Å². The molecule has 4 heteroatoms. The first-order valence-corrected chi connectivity index (χ1v) is 7.65. The summed E-state index contributed by atoms with van der Waals surface area (Å²) in [5, 5.41) is 10.3. The van der Waals surface area contributed by atoms with Gasteiger partial charge in [-0.05, 0) is 61.4 Å². The van der Waals surface area contributed by atoms with Gasteiger partial charge in [-0.25, -0.2) is 0 Å². The highest BCUT2D eigenvalue weighted by molar-refractivity contribution is 5.42. The van der Waals surface area contributed by atoms with E-state index in [1.54, 1.807) is 0 Å². The molecule has 0 aliphatic carbocycles. The van der Waals surface area contributed by atoms with Gasteiger partial charge in [0, 0.05) is 2.74 Å². The van der Waals surface area contributed by atoms with Crippen molar-refractivity contribution in [3.63, 3.8) is 0 Å². The second-order valence-corrected chi connectivity index (χ2v) is 5.20. The minimum atomic E-state index is -2.96. The second kappa shape index (κ2) is 9.94. The van der Waals surface area contributed by atoms with E-state index in [9.17, 15) is 5.11 Å². The molecular formula is C21H28O4. The average molecular weight is 357 g/mol. The molecule has 0 fully saturated rings. The number of rotatable bonds is 10. The summed E-state index contributed by atoms with van der Waals surface area (Å²) < 4.78 is 109. The fourth-order valence-corrected chi connectivity index (χ4v) is 1.95. The summed E-state index contributed by atoms with van der Waals surface area (Å²) in [7, 11) is -1.83. The van der Waals surface area contributed by atoms with Crippen LogP contribution in [-0.2, 0) is 6.42 Å². The Hall–Kier alpha value is -2.20. The van der Waals surface area contributed by atoms with Crippen molar-refractivity contribution in [3.8, 4) is 17.2 Å². The number of methoxy groups -OCH3 is 2. The van der Waals surface area contributed by atoms with E-state index in [-0.39, 0.29) is 41.8 Å². The van der Waals surface area contributed by atoms with E-state index in [1.807, 2.05) is 0 Å². The number of hydrogen-bond donors (Lipinski definition) is 1. The highest BCUT2D eigenvalue weighted by atomic mass is 16.5. The van der Waals surface area contributed by atoms with Gasteiger partial charge in [0.2, 0.25) is 0 Å². The Morgan fingerprint density at radius 1 is 1.20 bits per heavy atom. The molecule has 136 valence electrons. The summed E-state index contributed by atoms with van der Waals surface area (Å²) in [6.07, 6.45) is -4.18. The van der Waals surface area contributed by atoms with Gasteiger partial charge in [0.25, 0.3) is 0 Å². The third-order valence-electron chi connectivity index (χ3n) is 3.21. The molecular weight excluding hydrogens is 316 g/mol. The molecule has 25 heavy (non-hydrogen) atoms. The van der Waals surface area contributed by atoms with Gasteiger partial charge < -0.3 is 19.3 Å². The van der Waals surface area contributed by atoms with Gasteiger partial charge in [0.05, 0.1) is 34.0 Å². The number of ether oxygens (including phenoxy) is 3. The Morgan fingerprint density at radius 3 is 2.88 bits per heavy atom. The van der Waals surface area contributed by atoms with Crippen LogP contribution in [0.15, 0.2) is 42.3 Å². The highest BCUT2D eigenvalue weighted by Gasteiger charge is 2.07. The standard InChI is InChI=1S/C21H28O4/c1-16-7-6-10-19(13-16)25-15-18(22)9-5-4-8-17-11-12-20(23-2)21(14-17)24-3/h6-7,10-14,18,22H,4-5,8-9,15H2,1-3H3/i2D3,4D2,6D,7D,10D,11D,12D,13D,14D. The lowest BCUT2D eigenvalue weighted by molar-refractivity contribution is 0.0976. The summed E-state index contributed by atoms with van der Waals surface area (Å²) >= 11 is 0. The van der Waals surface area contributed by atoms with Gasteiger partial charge in [-0.15, -0.1) is 0 Å². The first-order chi connectivity index (χ1) is 16.9. The zero-order chi connectivity index (χ0) is 28.5. The van der Waals surface area contributed by atoms with Crippen LogP contribution in [0, 0.1) is 6.92 Å². The summed E-state index contributed by atoms with van der Waals surface area (Å²) in [6.45, 7) is 1.05. The van der Waals surface area contributed by atoms with Crippen LogP contribution in [0.1, 0.15) is 46.8 Å². The number of hydrogen-bond acceptors (Lipinski definition) is 4. The quantitative estimate of drug-likeness (QED) is 0.694. The summed E-state index contributed by atoms with van der Waals surface area (Å²) in [6, 6.07) is -3.10. The molecule has 0 amide bonds. The number of aliphatic hydroxyl groups excluding tert-OH is 1. The van der Waals surface area contributed by atoms with E-state index in [4.69, 9.17) is 30.7 Å². The van der Waals surface area contributed by atoms with E-state index in [2.05, 4.69) is 0 Å².